The summed E-state index contributed by atoms with van der Waals surface area (Å²) in [6, 6.07) is 6.32. The number of aromatic nitrogens is 2. The van der Waals surface area contributed by atoms with Gasteiger partial charge < -0.3 is 4.57 Å². The molecule has 1 aromatic heterocycles. The first kappa shape index (κ1) is 9.21. The Morgan fingerprint density at radius 1 is 1.43 bits per heavy atom. The summed E-state index contributed by atoms with van der Waals surface area (Å²) in [4.78, 5) is 4.05. The molecule has 72 valence electrons. The van der Waals surface area contributed by atoms with Gasteiger partial charge in [0.2, 0.25) is 0 Å². The molecule has 0 aliphatic carbocycles. The summed E-state index contributed by atoms with van der Waals surface area (Å²) in [5.41, 5.74) is 1.52. The maximum atomic E-state index is 12.9. The van der Waals surface area contributed by atoms with Crippen LogP contribution in [0.4, 0.5) is 4.39 Å². The molecule has 2 aromatic rings. The van der Waals surface area contributed by atoms with Gasteiger partial charge in [0.15, 0.2) is 0 Å². The minimum absolute atomic E-state index is 0.261. The molecule has 2 rings (SSSR count). The molecule has 0 radical (unpaired) electrons. The van der Waals surface area contributed by atoms with Gasteiger partial charge in [-0.25, -0.2) is 9.37 Å². The second-order valence-electron chi connectivity index (χ2n) is 2.89. The highest BCUT2D eigenvalue weighted by molar-refractivity contribution is 6.16. The van der Waals surface area contributed by atoms with E-state index in [1.807, 2.05) is 6.07 Å². The topological polar surface area (TPSA) is 17.8 Å². The number of halogens is 2. The smallest absolute Gasteiger partial charge is 0.125 e. The standard InChI is InChI=1S/C10H8ClFN2/c11-5-9-6-14(7-13-9)10-3-1-2-8(12)4-10/h1-4,6-7H,5H2. The van der Waals surface area contributed by atoms with E-state index < -0.39 is 0 Å². The zero-order valence-electron chi connectivity index (χ0n) is 7.32. The van der Waals surface area contributed by atoms with Crippen molar-refractivity contribution in [1.29, 1.82) is 0 Å². The van der Waals surface area contributed by atoms with Gasteiger partial charge in [-0.3, -0.25) is 0 Å². The van der Waals surface area contributed by atoms with Crippen molar-refractivity contribution in [1.82, 2.24) is 9.55 Å². The number of rotatable bonds is 2. The van der Waals surface area contributed by atoms with Crippen LogP contribution in [0, 0.1) is 5.82 Å². The van der Waals surface area contributed by atoms with Gasteiger partial charge in [-0.15, -0.1) is 11.6 Å². The van der Waals surface area contributed by atoms with E-state index in [9.17, 15) is 4.39 Å². The zero-order chi connectivity index (χ0) is 9.97. The van der Waals surface area contributed by atoms with Crippen LogP contribution in [-0.2, 0) is 5.88 Å². The van der Waals surface area contributed by atoms with E-state index in [4.69, 9.17) is 11.6 Å². The average Bonchev–Trinajstić information content (AvgIpc) is 2.66. The summed E-state index contributed by atoms with van der Waals surface area (Å²) >= 11 is 5.61. The lowest BCUT2D eigenvalue weighted by atomic mass is 10.3. The normalized spacial score (nSPS) is 10.4. The SMILES string of the molecule is Fc1cccc(-n2cnc(CCl)c2)c1. The predicted molar refractivity (Wildman–Crippen MR) is 53.1 cm³/mol. The van der Waals surface area contributed by atoms with E-state index >= 15 is 0 Å². The van der Waals surface area contributed by atoms with Crippen LogP contribution in [0.2, 0.25) is 0 Å². The molecular weight excluding hydrogens is 203 g/mol. The van der Waals surface area contributed by atoms with Crippen LogP contribution in [0.25, 0.3) is 5.69 Å². The monoisotopic (exact) mass is 210 g/mol. The van der Waals surface area contributed by atoms with E-state index in [1.165, 1.54) is 12.1 Å². The number of hydrogen-bond donors (Lipinski definition) is 0. The van der Waals surface area contributed by atoms with Gasteiger partial charge in [0, 0.05) is 11.9 Å². The van der Waals surface area contributed by atoms with Crippen molar-refractivity contribution in [2.75, 3.05) is 0 Å². The van der Waals surface area contributed by atoms with Crippen LogP contribution in [0.15, 0.2) is 36.8 Å². The maximum absolute atomic E-state index is 12.9. The fraction of sp³-hybridized carbons (Fsp3) is 0.100. The summed E-state index contributed by atoms with van der Waals surface area (Å²) in [6.07, 6.45) is 3.40. The van der Waals surface area contributed by atoms with Crippen molar-refractivity contribution in [2.24, 2.45) is 0 Å². The molecular formula is C10H8ClFN2. The highest BCUT2D eigenvalue weighted by atomic mass is 35.5. The van der Waals surface area contributed by atoms with Crippen molar-refractivity contribution < 1.29 is 4.39 Å². The number of alkyl halides is 1. The van der Waals surface area contributed by atoms with Crippen molar-refractivity contribution in [3.8, 4) is 5.69 Å². The van der Waals surface area contributed by atoms with Gasteiger partial charge in [-0.1, -0.05) is 6.07 Å². The third-order valence-corrected chi connectivity index (χ3v) is 2.15. The molecule has 0 amide bonds. The van der Waals surface area contributed by atoms with Crippen LogP contribution in [0.1, 0.15) is 5.69 Å². The molecule has 0 bridgehead atoms. The molecule has 0 unspecified atom stereocenters. The van der Waals surface area contributed by atoms with E-state index in [1.54, 1.807) is 23.2 Å². The lowest BCUT2D eigenvalue weighted by Crippen LogP contribution is -1.90. The van der Waals surface area contributed by atoms with E-state index in [0.29, 0.717) is 5.88 Å². The molecule has 4 heteroatoms. The molecule has 14 heavy (non-hydrogen) atoms. The average molecular weight is 211 g/mol. The quantitative estimate of drug-likeness (QED) is 0.697. The Morgan fingerprint density at radius 2 is 2.29 bits per heavy atom. The zero-order valence-corrected chi connectivity index (χ0v) is 8.08. The van der Waals surface area contributed by atoms with Crippen molar-refractivity contribution in [3.63, 3.8) is 0 Å². The number of benzene rings is 1. The summed E-state index contributed by atoms with van der Waals surface area (Å²) in [7, 11) is 0. The van der Waals surface area contributed by atoms with Crippen LogP contribution >= 0.6 is 11.6 Å². The minimum Gasteiger partial charge on any atom is -0.306 e. The molecule has 0 atom stereocenters. The molecule has 2 nitrogen and oxygen atoms in total. The molecule has 0 N–H and O–H groups in total. The number of hydrogen-bond acceptors (Lipinski definition) is 1. The first-order valence-corrected chi connectivity index (χ1v) is 4.68. The fourth-order valence-corrected chi connectivity index (χ4v) is 1.35. The molecule has 1 aromatic carbocycles. The Balaban J connectivity index is 2.39. The molecule has 0 spiro atoms. The van der Waals surface area contributed by atoms with Crippen molar-refractivity contribution in [2.45, 2.75) is 5.88 Å². The minimum atomic E-state index is -0.261. The van der Waals surface area contributed by atoms with Crippen molar-refractivity contribution in [3.05, 3.63) is 48.3 Å². The third kappa shape index (κ3) is 1.77. The van der Waals surface area contributed by atoms with Gasteiger partial charge in [0.05, 0.1) is 17.9 Å². The summed E-state index contributed by atoms with van der Waals surface area (Å²) in [5, 5.41) is 0. The Labute approximate surface area is 86.0 Å². The Hall–Kier alpha value is -1.35. The predicted octanol–water partition coefficient (Wildman–Crippen LogP) is 2.75. The Bertz CT molecular complexity index is 439. The number of nitrogens with zero attached hydrogens (tertiary/aromatic N) is 2. The van der Waals surface area contributed by atoms with Gasteiger partial charge in [-0.2, -0.15) is 0 Å². The van der Waals surface area contributed by atoms with E-state index in [0.717, 1.165) is 11.4 Å². The molecule has 0 aliphatic heterocycles. The summed E-state index contributed by atoms with van der Waals surface area (Å²) < 4.78 is 14.6. The van der Waals surface area contributed by atoms with Crippen LogP contribution in [-0.4, -0.2) is 9.55 Å². The lowest BCUT2D eigenvalue weighted by molar-refractivity contribution is 0.626. The molecule has 0 saturated carbocycles. The van der Waals surface area contributed by atoms with E-state index in [2.05, 4.69) is 4.98 Å². The van der Waals surface area contributed by atoms with Crippen molar-refractivity contribution >= 4 is 11.6 Å². The second-order valence-corrected chi connectivity index (χ2v) is 3.15. The summed E-state index contributed by atoms with van der Waals surface area (Å²) in [5.74, 6) is 0.103. The van der Waals surface area contributed by atoms with E-state index in [-0.39, 0.29) is 5.82 Å². The molecule has 0 fully saturated rings. The van der Waals surface area contributed by atoms with Crippen LogP contribution in [0.5, 0.6) is 0 Å². The highest BCUT2D eigenvalue weighted by Gasteiger charge is 2.00. The second kappa shape index (κ2) is 3.80. The Kier molecular flexibility index (Phi) is 2.50. The van der Waals surface area contributed by atoms with Gasteiger partial charge in [0.25, 0.3) is 0 Å². The Morgan fingerprint density at radius 3 is 2.93 bits per heavy atom. The first-order chi connectivity index (χ1) is 6.79. The van der Waals surface area contributed by atoms with Crippen LogP contribution in [0.3, 0.4) is 0 Å². The fourth-order valence-electron chi connectivity index (χ4n) is 1.21. The highest BCUT2D eigenvalue weighted by Crippen LogP contribution is 2.11. The molecule has 0 aliphatic rings. The molecule has 0 saturated heterocycles. The maximum Gasteiger partial charge on any atom is 0.125 e. The first-order valence-electron chi connectivity index (χ1n) is 4.14. The van der Waals surface area contributed by atoms with Crippen LogP contribution < -0.4 is 0 Å². The lowest BCUT2D eigenvalue weighted by Gasteiger charge is -2.00. The largest absolute Gasteiger partial charge is 0.306 e. The van der Waals surface area contributed by atoms with Gasteiger partial charge in [-0.05, 0) is 18.2 Å². The number of imidazole rings is 1. The summed E-state index contributed by atoms with van der Waals surface area (Å²) in [6.45, 7) is 0. The van der Waals surface area contributed by atoms with Gasteiger partial charge >= 0.3 is 0 Å². The van der Waals surface area contributed by atoms with Gasteiger partial charge in [0.1, 0.15) is 5.82 Å². The third-order valence-electron chi connectivity index (χ3n) is 1.88. The molecule has 1 heterocycles.